The van der Waals surface area contributed by atoms with Crippen molar-refractivity contribution in [1.29, 1.82) is 0 Å². The molecule has 11 heteroatoms. The molecule has 0 spiro atoms. The second-order valence-corrected chi connectivity index (χ2v) is 5.43. The lowest BCUT2D eigenvalue weighted by atomic mass is 10.2. The predicted molar refractivity (Wildman–Crippen MR) is 57.2 cm³/mol. The number of hydrogen-bond acceptors (Lipinski definition) is 4. The van der Waals surface area contributed by atoms with Gasteiger partial charge in [-0.05, 0) is 22.0 Å². The van der Waals surface area contributed by atoms with E-state index in [2.05, 4.69) is 15.9 Å². The highest BCUT2D eigenvalue weighted by Crippen LogP contribution is 2.38. The Morgan fingerprint density at radius 3 is 2.17 bits per heavy atom. The number of benzene rings is 1. The molecular weight excluding hydrogens is 345 g/mol. The van der Waals surface area contributed by atoms with Crippen molar-refractivity contribution in [3.63, 3.8) is 0 Å². The summed E-state index contributed by atoms with van der Waals surface area (Å²) in [7, 11) is -4.52. The van der Waals surface area contributed by atoms with Gasteiger partial charge in [-0.15, -0.1) is 0 Å². The highest BCUT2D eigenvalue weighted by atomic mass is 79.9. The smallest absolute Gasteiger partial charge is 0.258 e. The van der Waals surface area contributed by atoms with Gasteiger partial charge in [0.15, 0.2) is 0 Å². The lowest BCUT2D eigenvalue weighted by Gasteiger charge is -2.09. The number of alkyl halides is 3. The molecule has 6 nitrogen and oxygen atoms in total. The molecule has 18 heavy (non-hydrogen) atoms. The Hall–Kier alpha value is -1.20. The fraction of sp³-hybridized carbons (Fsp3) is 0.143. The van der Waals surface area contributed by atoms with Crippen LogP contribution in [0.5, 0.6) is 0 Å². The van der Waals surface area contributed by atoms with Crippen molar-refractivity contribution in [3.8, 4) is 0 Å². The Bertz CT molecular complexity index is 614. The van der Waals surface area contributed by atoms with Gasteiger partial charge in [0.2, 0.25) is 10.0 Å². The SMILES string of the molecule is NS(=O)(=O)c1cc(C(F)(F)F)cc([N+](=O)[O-])c1Br. The average Bonchev–Trinajstić information content (AvgIpc) is 2.13. The van der Waals surface area contributed by atoms with Gasteiger partial charge in [-0.3, -0.25) is 10.1 Å². The van der Waals surface area contributed by atoms with E-state index >= 15 is 0 Å². The minimum Gasteiger partial charge on any atom is -0.258 e. The molecule has 0 aliphatic heterocycles. The van der Waals surface area contributed by atoms with Crippen LogP contribution in [0.4, 0.5) is 18.9 Å². The second kappa shape index (κ2) is 4.48. The molecule has 0 fully saturated rings. The zero-order chi connectivity index (χ0) is 14.3. The van der Waals surface area contributed by atoms with Crippen molar-refractivity contribution >= 4 is 31.6 Å². The van der Waals surface area contributed by atoms with E-state index in [-0.39, 0.29) is 12.1 Å². The normalized spacial score (nSPS) is 12.5. The first kappa shape index (κ1) is 14.9. The predicted octanol–water partition coefficient (Wildman–Crippen LogP) is 2.02. The molecule has 1 aromatic rings. The van der Waals surface area contributed by atoms with Crippen LogP contribution in [0.3, 0.4) is 0 Å². The standard InChI is InChI=1S/C7H4BrF3N2O4S/c8-6-4(13(14)15)1-3(7(9,10)11)2-5(6)18(12,16)17/h1-2H,(H2,12,16,17). The summed E-state index contributed by atoms with van der Waals surface area (Å²) >= 11 is 2.55. The summed E-state index contributed by atoms with van der Waals surface area (Å²) in [6.45, 7) is 0. The van der Waals surface area contributed by atoms with Gasteiger partial charge in [-0.25, -0.2) is 13.6 Å². The fourth-order valence-corrected chi connectivity index (χ4v) is 2.78. The molecule has 1 aromatic carbocycles. The van der Waals surface area contributed by atoms with Crippen molar-refractivity contribution in [2.24, 2.45) is 5.14 Å². The topological polar surface area (TPSA) is 103 Å². The molecule has 0 unspecified atom stereocenters. The van der Waals surface area contributed by atoms with Crippen LogP contribution in [0, 0.1) is 10.1 Å². The number of nitrogens with two attached hydrogens (primary N) is 1. The summed E-state index contributed by atoms with van der Waals surface area (Å²) in [6.07, 6.45) is -4.93. The Labute approximate surface area is 107 Å². The number of primary sulfonamides is 1. The monoisotopic (exact) mass is 348 g/mol. The maximum Gasteiger partial charge on any atom is 0.416 e. The van der Waals surface area contributed by atoms with Gasteiger partial charge in [0, 0.05) is 6.07 Å². The third kappa shape index (κ3) is 2.97. The maximum absolute atomic E-state index is 12.5. The van der Waals surface area contributed by atoms with Crippen LogP contribution in [0.15, 0.2) is 21.5 Å². The van der Waals surface area contributed by atoms with Gasteiger partial charge in [-0.2, -0.15) is 13.2 Å². The molecule has 0 bridgehead atoms. The summed E-state index contributed by atoms with van der Waals surface area (Å²) in [5.41, 5.74) is -2.50. The van der Waals surface area contributed by atoms with Gasteiger partial charge in [0.1, 0.15) is 9.37 Å². The van der Waals surface area contributed by atoms with Gasteiger partial charge in [0.05, 0.1) is 10.5 Å². The van der Waals surface area contributed by atoms with Crippen molar-refractivity contribution in [2.75, 3.05) is 0 Å². The van der Waals surface area contributed by atoms with Crippen LogP contribution >= 0.6 is 15.9 Å². The molecule has 0 radical (unpaired) electrons. The Morgan fingerprint density at radius 1 is 1.33 bits per heavy atom. The number of nitro benzene ring substituents is 1. The van der Waals surface area contributed by atoms with E-state index in [1.807, 2.05) is 0 Å². The van der Waals surface area contributed by atoms with Crippen LogP contribution < -0.4 is 5.14 Å². The number of nitro groups is 1. The van der Waals surface area contributed by atoms with Gasteiger partial charge in [0.25, 0.3) is 5.69 Å². The van der Waals surface area contributed by atoms with Crippen molar-refractivity contribution < 1.29 is 26.5 Å². The molecule has 0 amide bonds. The molecular formula is C7H4BrF3N2O4S. The van der Waals surface area contributed by atoms with E-state index in [0.717, 1.165) is 0 Å². The quantitative estimate of drug-likeness (QED) is 0.652. The highest BCUT2D eigenvalue weighted by molar-refractivity contribution is 9.10. The molecule has 0 aromatic heterocycles. The fourth-order valence-electron chi connectivity index (χ4n) is 1.09. The number of sulfonamides is 1. The summed E-state index contributed by atoms with van der Waals surface area (Å²) in [5, 5.41) is 15.2. The number of hydrogen-bond donors (Lipinski definition) is 1. The first-order valence-corrected chi connectivity index (χ1v) is 6.36. The third-order valence-electron chi connectivity index (χ3n) is 1.85. The van der Waals surface area contributed by atoms with Crippen molar-refractivity contribution in [3.05, 3.63) is 32.3 Å². The number of nitrogens with zero attached hydrogens (tertiary/aromatic N) is 1. The van der Waals surface area contributed by atoms with Crippen LogP contribution in [-0.4, -0.2) is 13.3 Å². The highest BCUT2D eigenvalue weighted by Gasteiger charge is 2.35. The van der Waals surface area contributed by atoms with E-state index in [4.69, 9.17) is 5.14 Å². The van der Waals surface area contributed by atoms with Crippen LogP contribution in [0.25, 0.3) is 0 Å². The summed E-state index contributed by atoms with van der Waals surface area (Å²) < 4.78 is 58.9. The number of halogens is 4. The molecule has 0 aliphatic carbocycles. The van der Waals surface area contributed by atoms with Gasteiger partial charge < -0.3 is 0 Å². The van der Waals surface area contributed by atoms with Gasteiger partial charge in [-0.1, -0.05) is 0 Å². The number of rotatable bonds is 2. The van der Waals surface area contributed by atoms with Crippen molar-refractivity contribution in [2.45, 2.75) is 11.1 Å². The second-order valence-electron chi connectivity index (χ2n) is 3.11. The lowest BCUT2D eigenvalue weighted by Crippen LogP contribution is -2.16. The molecule has 0 aliphatic rings. The zero-order valence-electron chi connectivity index (χ0n) is 8.23. The van der Waals surface area contributed by atoms with E-state index in [1.165, 1.54) is 0 Å². The van der Waals surface area contributed by atoms with E-state index in [1.54, 1.807) is 0 Å². The molecule has 0 saturated heterocycles. The molecule has 2 N–H and O–H groups in total. The summed E-state index contributed by atoms with van der Waals surface area (Å²) in [6, 6.07) is 0.450. The maximum atomic E-state index is 12.5. The van der Waals surface area contributed by atoms with E-state index in [0.29, 0.717) is 0 Å². The minimum absolute atomic E-state index is 0.221. The van der Waals surface area contributed by atoms with Crippen LogP contribution in [0.1, 0.15) is 5.56 Å². The molecule has 0 saturated carbocycles. The van der Waals surface area contributed by atoms with Crippen LogP contribution in [-0.2, 0) is 16.2 Å². The Morgan fingerprint density at radius 2 is 1.83 bits per heavy atom. The molecule has 0 atom stereocenters. The minimum atomic E-state index is -4.93. The summed E-state index contributed by atoms with van der Waals surface area (Å²) in [4.78, 5) is 8.41. The van der Waals surface area contributed by atoms with Crippen LogP contribution in [0.2, 0.25) is 0 Å². The van der Waals surface area contributed by atoms with Gasteiger partial charge >= 0.3 is 6.18 Å². The zero-order valence-corrected chi connectivity index (χ0v) is 10.6. The molecule has 100 valence electrons. The molecule has 1 rings (SSSR count). The largest absolute Gasteiger partial charge is 0.416 e. The van der Waals surface area contributed by atoms with E-state index in [9.17, 15) is 31.7 Å². The average molecular weight is 349 g/mol. The first-order chi connectivity index (χ1) is 7.94. The summed E-state index contributed by atoms with van der Waals surface area (Å²) in [5.74, 6) is 0. The Kier molecular flexibility index (Phi) is 3.70. The lowest BCUT2D eigenvalue weighted by molar-refractivity contribution is -0.386. The first-order valence-electron chi connectivity index (χ1n) is 4.02. The van der Waals surface area contributed by atoms with Crippen molar-refractivity contribution in [1.82, 2.24) is 0 Å². The molecule has 0 heterocycles. The third-order valence-corrected chi connectivity index (χ3v) is 3.88. The Balaban J connectivity index is 3.74. The van der Waals surface area contributed by atoms with E-state index < -0.39 is 41.7 Å².